The van der Waals surface area contributed by atoms with Crippen molar-refractivity contribution in [3.63, 3.8) is 0 Å². The van der Waals surface area contributed by atoms with Crippen LogP contribution in [-0.4, -0.2) is 29.1 Å². The van der Waals surface area contributed by atoms with Gasteiger partial charge in [0.25, 0.3) is 0 Å². The summed E-state index contributed by atoms with van der Waals surface area (Å²) in [6.45, 7) is 4.34. The van der Waals surface area contributed by atoms with Crippen LogP contribution in [0.3, 0.4) is 0 Å². The van der Waals surface area contributed by atoms with Gasteiger partial charge in [-0.2, -0.15) is 0 Å². The van der Waals surface area contributed by atoms with E-state index in [1.54, 1.807) is 26.0 Å². The van der Waals surface area contributed by atoms with E-state index in [0.717, 1.165) is 11.3 Å². The van der Waals surface area contributed by atoms with Gasteiger partial charge >= 0.3 is 5.97 Å². The van der Waals surface area contributed by atoms with E-state index in [2.05, 4.69) is 4.98 Å². The summed E-state index contributed by atoms with van der Waals surface area (Å²) >= 11 is 1.10. The van der Waals surface area contributed by atoms with Crippen LogP contribution in [0.2, 0.25) is 0 Å². The smallest absolute Gasteiger partial charge is 0.348 e. The van der Waals surface area contributed by atoms with E-state index in [0.29, 0.717) is 26.9 Å². The number of nitrogens with one attached hydrogen (secondary N) is 1. The first kappa shape index (κ1) is 18.0. The van der Waals surface area contributed by atoms with Gasteiger partial charge in [0, 0.05) is 21.3 Å². The molecule has 7 heteroatoms. The zero-order valence-electron chi connectivity index (χ0n) is 14.4. The van der Waals surface area contributed by atoms with Gasteiger partial charge in [0.15, 0.2) is 12.4 Å². The third kappa shape index (κ3) is 3.17. The van der Waals surface area contributed by atoms with Crippen LogP contribution in [0, 0.1) is 19.7 Å². The molecule has 26 heavy (non-hydrogen) atoms. The average Bonchev–Trinajstić information content (AvgIpc) is 3.14. The zero-order chi connectivity index (χ0) is 19.0. The Kier molecular flexibility index (Phi) is 4.73. The maximum Gasteiger partial charge on any atom is 0.348 e. The second-order valence-electron chi connectivity index (χ2n) is 5.94. The largest absolute Gasteiger partial charge is 0.453 e. The Balaban J connectivity index is 1.75. The summed E-state index contributed by atoms with van der Waals surface area (Å²) in [4.78, 5) is 39.3. The second-order valence-corrected chi connectivity index (χ2v) is 7.03. The molecule has 0 aliphatic rings. The van der Waals surface area contributed by atoms with Crippen LogP contribution in [0.1, 0.15) is 48.7 Å². The van der Waals surface area contributed by atoms with Crippen LogP contribution in [0.4, 0.5) is 4.39 Å². The summed E-state index contributed by atoms with van der Waals surface area (Å²) in [5, 5.41) is 0.345. The molecule has 5 nitrogen and oxygen atoms in total. The summed E-state index contributed by atoms with van der Waals surface area (Å²) < 4.78 is 19.4. The van der Waals surface area contributed by atoms with Crippen molar-refractivity contribution in [2.45, 2.75) is 20.8 Å². The van der Waals surface area contributed by atoms with Gasteiger partial charge < -0.3 is 9.72 Å². The molecule has 0 bridgehead atoms. The lowest BCUT2D eigenvalue weighted by Gasteiger charge is -2.03. The standard InChI is InChI=1S/C19H16FNO4S/c1-9-17(11(3)22)10(2)21-18(9)14(23)8-25-19(24)16-7-12-13(20)5-4-6-15(12)26-16/h4-7,21H,8H2,1-3H3. The third-order valence-electron chi connectivity index (χ3n) is 4.11. The Morgan fingerprint density at radius 3 is 2.58 bits per heavy atom. The van der Waals surface area contributed by atoms with Crippen molar-refractivity contribution in [2.24, 2.45) is 0 Å². The molecule has 0 saturated heterocycles. The van der Waals surface area contributed by atoms with Crippen LogP contribution in [0.5, 0.6) is 0 Å². The van der Waals surface area contributed by atoms with Gasteiger partial charge in [-0.15, -0.1) is 11.3 Å². The Bertz CT molecular complexity index is 1050. The number of benzene rings is 1. The monoisotopic (exact) mass is 373 g/mol. The highest BCUT2D eigenvalue weighted by Gasteiger charge is 2.21. The first-order valence-corrected chi connectivity index (χ1v) is 8.69. The molecule has 0 radical (unpaired) electrons. The van der Waals surface area contributed by atoms with Crippen LogP contribution in [0.25, 0.3) is 10.1 Å². The van der Waals surface area contributed by atoms with Gasteiger partial charge in [-0.25, -0.2) is 9.18 Å². The number of ether oxygens (including phenoxy) is 1. The molecule has 0 fully saturated rings. The number of aryl methyl sites for hydroxylation is 1. The van der Waals surface area contributed by atoms with E-state index in [-0.39, 0.29) is 16.4 Å². The number of esters is 1. The normalized spacial score (nSPS) is 10.9. The molecule has 0 amide bonds. The highest BCUT2D eigenvalue weighted by atomic mass is 32.1. The molecular formula is C19H16FNO4S. The van der Waals surface area contributed by atoms with Crippen LogP contribution in [0.15, 0.2) is 24.3 Å². The number of hydrogen-bond acceptors (Lipinski definition) is 5. The van der Waals surface area contributed by atoms with Crippen LogP contribution < -0.4 is 0 Å². The highest BCUT2D eigenvalue weighted by Crippen LogP contribution is 2.28. The number of hydrogen-bond donors (Lipinski definition) is 1. The Hall–Kier alpha value is -2.80. The molecule has 1 N–H and O–H groups in total. The number of rotatable bonds is 5. The molecule has 3 rings (SSSR count). The van der Waals surface area contributed by atoms with Gasteiger partial charge in [-0.1, -0.05) is 6.07 Å². The lowest BCUT2D eigenvalue weighted by Crippen LogP contribution is -2.15. The van der Waals surface area contributed by atoms with Crippen molar-refractivity contribution in [3.05, 3.63) is 57.5 Å². The minimum atomic E-state index is -0.688. The number of carbonyl (C=O) groups is 3. The lowest BCUT2D eigenvalue weighted by molar-refractivity contribution is 0.0478. The summed E-state index contributed by atoms with van der Waals surface area (Å²) in [6, 6.07) is 6.01. The van der Waals surface area contributed by atoms with E-state index in [1.165, 1.54) is 19.1 Å². The minimum absolute atomic E-state index is 0.139. The summed E-state index contributed by atoms with van der Waals surface area (Å²) in [7, 11) is 0. The molecule has 1 aromatic carbocycles. The van der Waals surface area contributed by atoms with Crippen molar-refractivity contribution in [2.75, 3.05) is 6.61 Å². The van der Waals surface area contributed by atoms with Crippen molar-refractivity contribution >= 4 is 39.0 Å². The molecule has 3 aromatic rings. The molecule has 0 spiro atoms. The number of aromatic amines is 1. The van der Waals surface area contributed by atoms with Gasteiger partial charge in [-0.05, 0) is 44.5 Å². The summed E-state index contributed by atoms with van der Waals surface area (Å²) in [6.07, 6.45) is 0. The number of carbonyl (C=O) groups excluding carboxylic acids is 3. The van der Waals surface area contributed by atoms with Gasteiger partial charge in [0.05, 0.1) is 5.69 Å². The number of halogens is 1. The SMILES string of the molecule is CC(=O)c1c(C)[nH]c(C(=O)COC(=O)c2cc3c(F)cccc3s2)c1C. The van der Waals surface area contributed by atoms with E-state index in [1.807, 2.05) is 0 Å². The maximum atomic E-state index is 13.7. The molecule has 2 aromatic heterocycles. The van der Waals surface area contributed by atoms with E-state index in [4.69, 9.17) is 4.74 Å². The Labute approximate surface area is 152 Å². The number of aromatic nitrogens is 1. The molecule has 0 unspecified atom stereocenters. The van der Waals surface area contributed by atoms with Crippen LogP contribution in [-0.2, 0) is 4.74 Å². The Morgan fingerprint density at radius 2 is 1.96 bits per heavy atom. The number of ketones is 2. The molecular weight excluding hydrogens is 357 g/mol. The summed E-state index contributed by atoms with van der Waals surface area (Å²) in [5.41, 5.74) is 1.87. The number of Topliss-reactive ketones (excluding diaryl/α,β-unsaturated/α-hetero) is 2. The predicted molar refractivity (Wildman–Crippen MR) is 96.7 cm³/mol. The zero-order valence-corrected chi connectivity index (χ0v) is 15.3. The lowest BCUT2D eigenvalue weighted by atomic mass is 10.1. The quantitative estimate of drug-likeness (QED) is 0.536. The first-order chi connectivity index (χ1) is 12.3. The van der Waals surface area contributed by atoms with Gasteiger partial charge in [0.2, 0.25) is 5.78 Å². The van der Waals surface area contributed by atoms with Crippen LogP contribution >= 0.6 is 11.3 Å². The van der Waals surface area contributed by atoms with Gasteiger partial charge in [-0.3, -0.25) is 9.59 Å². The number of thiophene rings is 1. The van der Waals surface area contributed by atoms with Crippen molar-refractivity contribution in [1.82, 2.24) is 4.98 Å². The molecule has 2 heterocycles. The number of H-pyrrole nitrogens is 1. The van der Waals surface area contributed by atoms with Crippen molar-refractivity contribution < 1.29 is 23.5 Å². The highest BCUT2D eigenvalue weighted by molar-refractivity contribution is 7.20. The second kappa shape index (κ2) is 6.84. The average molecular weight is 373 g/mol. The minimum Gasteiger partial charge on any atom is -0.453 e. The Morgan fingerprint density at radius 1 is 1.23 bits per heavy atom. The fourth-order valence-corrected chi connectivity index (χ4v) is 3.93. The van der Waals surface area contributed by atoms with E-state index in [9.17, 15) is 18.8 Å². The molecule has 0 aliphatic carbocycles. The van der Waals surface area contributed by atoms with E-state index < -0.39 is 24.2 Å². The first-order valence-electron chi connectivity index (χ1n) is 7.88. The predicted octanol–water partition coefficient (Wildman–Crippen LogP) is 4.23. The van der Waals surface area contributed by atoms with Crippen molar-refractivity contribution in [3.8, 4) is 0 Å². The molecule has 0 saturated carbocycles. The topological polar surface area (TPSA) is 76.2 Å². The van der Waals surface area contributed by atoms with Gasteiger partial charge in [0.1, 0.15) is 10.7 Å². The fourth-order valence-electron chi connectivity index (χ4n) is 2.96. The maximum absolute atomic E-state index is 13.7. The third-order valence-corrected chi connectivity index (χ3v) is 5.19. The molecule has 134 valence electrons. The van der Waals surface area contributed by atoms with Crippen molar-refractivity contribution in [1.29, 1.82) is 0 Å². The fraction of sp³-hybridized carbons (Fsp3) is 0.211. The number of fused-ring (bicyclic) bond motifs is 1. The van der Waals surface area contributed by atoms with E-state index >= 15 is 0 Å². The molecule has 0 aliphatic heterocycles. The molecule has 0 atom stereocenters. The summed E-state index contributed by atoms with van der Waals surface area (Å²) in [5.74, 6) is -1.67.